The number of aromatic nitrogens is 1. The van der Waals surface area contributed by atoms with Crippen LogP contribution in [0, 0.1) is 0 Å². The van der Waals surface area contributed by atoms with Crippen molar-refractivity contribution in [2.75, 3.05) is 5.43 Å². The predicted octanol–water partition coefficient (Wildman–Crippen LogP) is 4.15. The van der Waals surface area contributed by atoms with Gasteiger partial charge in [-0.1, -0.05) is 0 Å². The lowest BCUT2D eigenvalue weighted by Gasteiger charge is -2.06. The van der Waals surface area contributed by atoms with Gasteiger partial charge in [0.15, 0.2) is 0 Å². The molecule has 0 radical (unpaired) electrons. The fourth-order valence-corrected chi connectivity index (χ4v) is 1.54. The first-order valence-electron chi connectivity index (χ1n) is 6.22. The molecule has 0 aliphatic heterocycles. The first-order chi connectivity index (χ1) is 10.8. The van der Waals surface area contributed by atoms with Crippen LogP contribution in [0.25, 0.3) is 0 Å². The summed E-state index contributed by atoms with van der Waals surface area (Å²) in [5.41, 5.74) is 2.17. The Labute approximate surface area is 127 Å². The molecule has 0 saturated heterocycles. The summed E-state index contributed by atoms with van der Waals surface area (Å²) in [5.74, 6) is 0.140. The van der Waals surface area contributed by atoms with E-state index in [-0.39, 0.29) is 11.6 Å². The van der Waals surface area contributed by atoms with Crippen molar-refractivity contribution in [1.29, 1.82) is 0 Å². The van der Waals surface area contributed by atoms with Crippen molar-refractivity contribution in [3.63, 3.8) is 0 Å². The average molecular weight is 331 g/mol. The number of hydrogen-bond acceptors (Lipinski definition) is 4. The Bertz CT molecular complexity index is 654. The van der Waals surface area contributed by atoms with E-state index in [2.05, 4.69) is 20.2 Å². The van der Waals surface area contributed by atoms with E-state index in [0.29, 0.717) is 11.8 Å². The summed E-state index contributed by atoms with van der Waals surface area (Å²) in [6, 6.07) is 7.67. The maximum absolute atomic E-state index is 12.4. The van der Waals surface area contributed by atoms with Crippen LogP contribution in [0.2, 0.25) is 0 Å². The topological polar surface area (TPSA) is 46.5 Å². The molecule has 0 unspecified atom stereocenters. The van der Waals surface area contributed by atoms with E-state index >= 15 is 0 Å². The van der Waals surface area contributed by atoms with Gasteiger partial charge in [-0.25, -0.2) is 4.98 Å². The number of pyridine rings is 1. The number of rotatable bonds is 5. The van der Waals surface area contributed by atoms with Gasteiger partial charge in [0.05, 0.1) is 11.8 Å². The Hall–Kier alpha value is -2.71. The zero-order valence-corrected chi connectivity index (χ0v) is 11.4. The second kappa shape index (κ2) is 7.03. The second-order valence-electron chi connectivity index (χ2n) is 4.25. The van der Waals surface area contributed by atoms with Crippen LogP contribution in [-0.4, -0.2) is 17.8 Å². The molecule has 0 atom stereocenters. The van der Waals surface area contributed by atoms with Gasteiger partial charge in [-0.05, 0) is 42.0 Å². The highest BCUT2D eigenvalue weighted by Gasteiger charge is 2.30. The fraction of sp³-hybridized carbons (Fsp3) is 0.143. The molecule has 23 heavy (non-hydrogen) atoms. The van der Waals surface area contributed by atoms with E-state index < -0.39 is 18.4 Å². The third-order valence-electron chi connectivity index (χ3n) is 2.59. The number of anilines is 1. The summed E-state index contributed by atoms with van der Waals surface area (Å²) >= 11 is 0. The lowest BCUT2D eigenvalue weighted by molar-refractivity contribution is -0.137. The number of nitrogens with zero attached hydrogens (tertiary/aromatic N) is 2. The maximum Gasteiger partial charge on any atom is 0.417 e. The summed E-state index contributed by atoms with van der Waals surface area (Å²) in [5, 5.41) is 3.79. The van der Waals surface area contributed by atoms with Crippen molar-refractivity contribution in [3.8, 4) is 5.75 Å². The molecule has 0 aliphatic rings. The molecule has 0 fully saturated rings. The average Bonchev–Trinajstić information content (AvgIpc) is 2.48. The predicted molar refractivity (Wildman–Crippen MR) is 73.5 cm³/mol. The molecule has 1 aromatic heterocycles. The minimum atomic E-state index is -4.45. The van der Waals surface area contributed by atoms with Gasteiger partial charge >= 0.3 is 12.8 Å². The van der Waals surface area contributed by atoms with Gasteiger partial charge in [0.1, 0.15) is 11.6 Å². The fourth-order valence-electron chi connectivity index (χ4n) is 1.54. The number of halogens is 5. The lowest BCUT2D eigenvalue weighted by atomic mass is 10.2. The van der Waals surface area contributed by atoms with E-state index in [1.54, 1.807) is 0 Å². The summed E-state index contributed by atoms with van der Waals surface area (Å²) in [6.07, 6.45) is -2.41. The number of hydrazone groups is 1. The van der Waals surface area contributed by atoms with Crippen LogP contribution in [0.3, 0.4) is 0 Å². The number of nitrogens with one attached hydrogen (secondary N) is 1. The Balaban J connectivity index is 1.93. The molecule has 2 aromatic rings. The maximum atomic E-state index is 12.4. The minimum Gasteiger partial charge on any atom is -0.435 e. The zero-order valence-electron chi connectivity index (χ0n) is 11.4. The standard InChI is InChI=1S/C14H10F5N3O/c15-13(16)23-11-4-1-9(2-5-11)7-21-22-12-6-3-10(8-20-12)14(17,18)19/h1-8,13H,(H,20,22)/b21-7-. The molecule has 1 heterocycles. The number of hydrogen-bond donors (Lipinski definition) is 1. The monoisotopic (exact) mass is 331 g/mol. The van der Waals surface area contributed by atoms with Crippen LogP contribution in [0.15, 0.2) is 47.7 Å². The molecular weight excluding hydrogens is 321 g/mol. The van der Waals surface area contributed by atoms with Crippen LogP contribution >= 0.6 is 0 Å². The molecule has 0 bridgehead atoms. The van der Waals surface area contributed by atoms with Crippen molar-refractivity contribution < 1.29 is 26.7 Å². The molecule has 0 saturated carbocycles. The molecule has 4 nitrogen and oxygen atoms in total. The van der Waals surface area contributed by atoms with Crippen molar-refractivity contribution in [1.82, 2.24) is 4.98 Å². The molecule has 9 heteroatoms. The third-order valence-corrected chi connectivity index (χ3v) is 2.59. The summed E-state index contributed by atoms with van der Waals surface area (Å²) in [6.45, 7) is -2.90. The smallest absolute Gasteiger partial charge is 0.417 e. The highest BCUT2D eigenvalue weighted by molar-refractivity contribution is 5.80. The van der Waals surface area contributed by atoms with E-state index in [0.717, 1.165) is 12.1 Å². The summed E-state index contributed by atoms with van der Waals surface area (Å²) in [7, 11) is 0. The van der Waals surface area contributed by atoms with Crippen LogP contribution in [0.5, 0.6) is 5.75 Å². The van der Waals surface area contributed by atoms with Gasteiger partial charge in [0.25, 0.3) is 0 Å². The molecule has 0 aliphatic carbocycles. The highest BCUT2D eigenvalue weighted by atomic mass is 19.4. The van der Waals surface area contributed by atoms with Gasteiger partial charge in [-0.15, -0.1) is 0 Å². The quantitative estimate of drug-likeness (QED) is 0.509. The Morgan fingerprint density at radius 3 is 2.30 bits per heavy atom. The van der Waals surface area contributed by atoms with Gasteiger partial charge < -0.3 is 4.74 Å². The van der Waals surface area contributed by atoms with E-state index in [9.17, 15) is 22.0 Å². The van der Waals surface area contributed by atoms with Gasteiger partial charge in [0.2, 0.25) is 0 Å². The van der Waals surface area contributed by atoms with Crippen LogP contribution in [0.1, 0.15) is 11.1 Å². The second-order valence-corrected chi connectivity index (χ2v) is 4.25. The molecule has 122 valence electrons. The van der Waals surface area contributed by atoms with Crippen LogP contribution in [-0.2, 0) is 6.18 Å². The van der Waals surface area contributed by atoms with E-state index in [1.165, 1.54) is 30.5 Å². The number of alkyl halides is 5. The molecular formula is C14H10F5N3O. The van der Waals surface area contributed by atoms with Crippen molar-refractivity contribution in [2.24, 2.45) is 5.10 Å². The molecule has 1 N–H and O–H groups in total. The molecule has 0 spiro atoms. The van der Waals surface area contributed by atoms with Gasteiger partial charge in [-0.2, -0.15) is 27.1 Å². The van der Waals surface area contributed by atoms with Crippen LogP contribution < -0.4 is 10.2 Å². The first-order valence-corrected chi connectivity index (χ1v) is 6.22. The first kappa shape index (κ1) is 16.7. The normalized spacial score (nSPS) is 11.9. The van der Waals surface area contributed by atoms with Crippen molar-refractivity contribution in [3.05, 3.63) is 53.7 Å². The lowest BCUT2D eigenvalue weighted by Crippen LogP contribution is -2.05. The van der Waals surface area contributed by atoms with E-state index in [4.69, 9.17) is 0 Å². The van der Waals surface area contributed by atoms with E-state index in [1.807, 2.05) is 0 Å². The van der Waals surface area contributed by atoms with Crippen molar-refractivity contribution in [2.45, 2.75) is 12.8 Å². The highest BCUT2D eigenvalue weighted by Crippen LogP contribution is 2.28. The summed E-state index contributed by atoms with van der Waals surface area (Å²) in [4.78, 5) is 3.57. The molecule has 0 amide bonds. The minimum absolute atomic E-state index is 0.00881. The van der Waals surface area contributed by atoms with Gasteiger partial charge in [-0.3, -0.25) is 5.43 Å². The van der Waals surface area contributed by atoms with Gasteiger partial charge in [0, 0.05) is 6.20 Å². The third kappa shape index (κ3) is 5.20. The SMILES string of the molecule is FC(F)Oc1ccc(/C=N\Nc2ccc(C(F)(F)F)cn2)cc1. The zero-order chi connectivity index (χ0) is 16.9. The van der Waals surface area contributed by atoms with Crippen molar-refractivity contribution >= 4 is 12.0 Å². The molecule has 1 aromatic carbocycles. The Morgan fingerprint density at radius 2 is 1.78 bits per heavy atom. The largest absolute Gasteiger partial charge is 0.435 e. The number of ether oxygens (including phenoxy) is 1. The molecule has 2 rings (SSSR count). The summed E-state index contributed by atoms with van der Waals surface area (Å²) < 4.78 is 65.2. The Morgan fingerprint density at radius 1 is 1.09 bits per heavy atom. The van der Waals surface area contributed by atoms with Crippen LogP contribution in [0.4, 0.5) is 27.8 Å². The Kier molecular flexibility index (Phi) is 5.09. The number of benzene rings is 1.